The zero-order valence-electron chi connectivity index (χ0n) is 24.7. The Bertz CT molecular complexity index is 1540. The van der Waals surface area contributed by atoms with E-state index >= 15 is 0 Å². The molecule has 1 aliphatic heterocycles. The van der Waals surface area contributed by atoms with Gasteiger partial charge in [0.2, 0.25) is 0 Å². The molecule has 0 N–H and O–H groups in total. The van der Waals surface area contributed by atoms with Gasteiger partial charge in [0.25, 0.3) is 10.1 Å². The third-order valence-electron chi connectivity index (χ3n) is 7.46. The van der Waals surface area contributed by atoms with Crippen LogP contribution in [0.3, 0.4) is 0 Å². The monoisotopic (exact) mass is 614 g/mol. The van der Waals surface area contributed by atoms with Crippen molar-refractivity contribution in [3.8, 4) is 0 Å². The van der Waals surface area contributed by atoms with Crippen molar-refractivity contribution in [2.75, 3.05) is 6.61 Å². The number of hydrogen-bond donors (Lipinski definition) is 0. The molecule has 5 atom stereocenters. The maximum Gasteiger partial charge on any atom is 0.297 e. The first-order valence-electron chi connectivity index (χ1n) is 14.6. The molecule has 4 aromatic carbocycles. The quantitative estimate of drug-likeness (QED) is 0.120. The fourth-order valence-corrected chi connectivity index (χ4v) is 6.00. The van der Waals surface area contributed by atoms with Crippen molar-refractivity contribution in [2.45, 2.75) is 62.2 Å². The van der Waals surface area contributed by atoms with Crippen LogP contribution in [0.2, 0.25) is 0 Å². The van der Waals surface area contributed by atoms with Gasteiger partial charge in [0.05, 0.1) is 31.3 Å². The van der Waals surface area contributed by atoms with E-state index < -0.39 is 40.6 Å². The molecule has 0 unspecified atom stereocenters. The van der Waals surface area contributed by atoms with E-state index in [4.69, 9.17) is 23.1 Å². The molecule has 1 saturated heterocycles. The van der Waals surface area contributed by atoms with Crippen molar-refractivity contribution < 1.29 is 31.5 Å². The standard InChI is InChI=1S/C36H38O7S/c1-3-32-34(39-23-28-13-7-4-8-14-28)36(41-25-30-17-11-6-12-18-30)35(40-24-29-15-9-5-10-16-29)33(43-32)26-42-44(37,38)31-21-19-27(2)20-22-31/h3-22,32-36H,1,23-26H2,2H3/t32-,33+,34-,35+,36+/m0/s1. The van der Waals surface area contributed by atoms with Gasteiger partial charge in [0.15, 0.2) is 0 Å². The zero-order valence-corrected chi connectivity index (χ0v) is 25.6. The molecule has 0 spiro atoms. The van der Waals surface area contributed by atoms with Crippen LogP contribution >= 0.6 is 0 Å². The molecule has 1 heterocycles. The van der Waals surface area contributed by atoms with Gasteiger partial charge < -0.3 is 18.9 Å². The molecule has 7 nitrogen and oxygen atoms in total. The highest BCUT2D eigenvalue weighted by Crippen LogP contribution is 2.32. The Kier molecular flexibility index (Phi) is 11.1. The van der Waals surface area contributed by atoms with Crippen molar-refractivity contribution in [3.63, 3.8) is 0 Å². The Balaban J connectivity index is 1.43. The average molecular weight is 615 g/mol. The summed E-state index contributed by atoms with van der Waals surface area (Å²) in [5.41, 5.74) is 3.87. The highest BCUT2D eigenvalue weighted by molar-refractivity contribution is 7.86. The van der Waals surface area contributed by atoms with Crippen LogP contribution in [0.15, 0.2) is 133 Å². The molecule has 5 rings (SSSR count). The second-order valence-corrected chi connectivity index (χ2v) is 12.3. The minimum Gasteiger partial charge on any atom is -0.368 e. The van der Waals surface area contributed by atoms with Gasteiger partial charge in [-0.1, -0.05) is 115 Å². The molecule has 0 aromatic heterocycles. The Hall–Kier alpha value is -3.63. The molecule has 0 bridgehead atoms. The first-order chi connectivity index (χ1) is 21.4. The third-order valence-corrected chi connectivity index (χ3v) is 8.75. The Morgan fingerprint density at radius 1 is 0.659 bits per heavy atom. The fraction of sp³-hybridized carbons (Fsp3) is 0.278. The maximum absolute atomic E-state index is 13.1. The van der Waals surface area contributed by atoms with Gasteiger partial charge >= 0.3 is 0 Å². The van der Waals surface area contributed by atoms with Crippen molar-refractivity contribution >= 4 is 10.1 Å². The SMILES string of the molecule is C=C[C@@H]1O[C@H](COS(=O)(=O)c2ccc(C)cc2)[C@@H](OCc2ccccc2)[C@H](OCc2ccccc2)[C@H]1OCc1ccccc1. The van der Waals surface area contributed by atoms with Gasteiger partial charge in [-0.25, -0.2) is 0 Å². The molecule has 230 valence electrons. The molecule has 8 heteroatoms. The molecule has 4 aromatic rings. The molecule has 1 aliphatic rings. The number of hydrogen-bond acceptors (Lipinski definition) is 7. The predicted molar refractivity (Wildman–Crippen MR) is 168 cm³/mol. The summed E-state index contributed by atoms with van der Waals surface area (Å²) in [5.74, 6) is 0. The maximum atomic E-state index is 13.1. The van der Waals surface area contributed by atoms with Gasteiger partial charge in [-0.15, -0.1) is 6.58 Å². The Labute approximate surface area is 260 Å². The topological polar surface area (TPSA) is 80.3 Å². The lowest BCUT2D eigenvalue weighted by molar-refractivity contribution is -0.259. The van der Waals surface area contributed by atoms with E-state index in [2.05, 4.69) is 6.58 Å². The summed E-state index contributed by atoms with van der Waals surface area (Å²) >= 11 is 0. The summed E-state index contributed by atoms with van der Waals surface area (Å²) < 4.78 is 57.9. The van der Waals surface area contributed by atoms with Crippen LogP contribution in [0.1, 0.15) is 22.3 Å². The third kappa shape index (κ3) is 8.51. The normalized spacial score (nSPS) is 22.0. The van der Waals surface area contributed by atoms with Crippen LogP contribution in [0.4, 0.5) is 0 Å². The molecule has 1 fully saturated rings. The van der Waals surface area contributed by atoms with Gasteiger partial charge in [-0.05, 0) is 35.7 Å². The lowest BCUT2D eigenvalue weighted by atomic mass is 9.94. The molecule has 0 aliphatic carbocycles. The lowest BCUT2D eigenvalue weighted by Crippen LogP contribution is -2.60. The summed E-state index contributed by atoms with van der Waals surface area (Å²) in [6, 6.07) is 35.9. The van der Waals surface area contributed by atoms with Crippen LogP contribution in [0.25, 0.3) is 0 Å². The van der Waals surface area contributed by atoms with Gasteiger partial charge in [0, 0.05) is 0 Å². The largest absolute Gasteiger partial charge is 0.368 e. The molecule has 0 saturated carbocycles. The second-order valence-electron chi connectivity index (χ2n) is 10.7. The van der Waals surface area contributed by atoms with E-state index in [1.165, 1.54) is 12.1 Å². The minimum absolute atomic E-state index is 0.0712. The predicted octanol–water partition coefficient (Wildman–Crippen LogP) is 6.41. The minimum atomic E-state index is -4.06. The first-order valence-corrected chi connectivity index (χ1v) is 16.0. The fourth-order valence-electron chi connectivity index (χ4n) is 5.08. The summed E-state index contributed by atoms with van der Waals surface area (Å²) in [5, 5.41) is 0. The Morgan fingerprint density at radius 3 is 1.59 bits per heavy atom. The van der Waals surface area contributed by atoms with Crippen molar-refractivity contribution in [3.05, 3.63) is 150 Å². The smallest absolute Gasteiger partial charge is 0.297 e. The van der Waals surface area contributed by atoms with Crippen LogP contribution < -0.4 is 0 Å². The van der Waals surface area contributed by atoms with Crippen LogP contribution in [-0.4, -0.2) is 45.5 Å². The van der Waals surface area contributed by atoms with Crippen molar-refractivity contribution in [2.24, 2.45) is 0 Å². The second kappa shape index (κ2) is 15.4. The molecule has 0 radical (unpaired) electrons. The van der Waals surface area contributed by atoms with E-state index in [-0.39, 0.29) is 18.1 Å². The number of aryl methyl sites for hydroxylation is 1. The van der Waals surface area contributed by atoms with E-state index in [1.54, 1.807) is 18.2 Å². The molecular weight excluding hydrogens is 576 g/mol. The summed E-state index contributed by atoms with van der Waals surface area (Å²) in [6.07, 6.45) is -1.74. The first kappa shape index (κ1) is 31.8. The lowest BCUT2D eigenvalue weighted by Gasteiger charge is -2.45. The van der Waals surface area contributed by atoms with Gasteiger partial charge in [-0.3, -0.25) is 4.18 Å². The average Bonchev–Trinajstić information content (AvgIpc) is 3.06. The van der Waals surface area contributed by atoms with Crippen molar-refractivity contribution in [1.82, 2.24) is 0 Å². The van der Waals surface area contributed by atoms with Gasteiger partial charge in [0.1, 0.15) is 30.5 Å². The molecular formula is C36H38O7S. The number of ether oxygens (including phenoxy) is 4. The number of benzene rings is 4. The number of rotatable bonds is 14. The molecule has 44 heavy (non-hydrogen) atoms. The van der Waals surface area contributed by atoms with E-state index in [0.717, 1.165) is 22.3 Å². The zero-order chi connectivity index (χ0) is 30.8. The van der Waals surface area contributed by atoms with Crippen LogP contribution in [0.5, 0.6) is 0 Å². The Morgan fingerprint density at radius 2 is 1.11 bits per heavy atom. The van der Waals surface area contributed by atoms with E-state index in [9.17, 15) is 8.42 Å². The summed E-state index contributed by atoms with van der Waals surface area (Å²) in [7, 11) is -4.06. The van der Waals surface area contributed by atoms with Crippen LogP contribution in [-0.2, 0) is 53.1 Å². The van der Waals surface area contributed by atoms with Gasteiger partial charge in [-0.2, -0.15) is 8.42 Å². The molecule has 0 amide bonds. The summed E-state index contributed by atoms with van der Waals surface area (Å²) in [6.45, 7) is 6.48. The summed E-state index contributed by atoms with van der Waals surface area (Å²) in [4.78, 5) is 0.0712. The highest BCUT2D eigenvalue weighted by atomic mass is 32.2. The highest BCUT2D eigenvalue weighted by Gasteiger charge is 2.48. The van der Waals surface area contributed by atoms with E-state index in [1.807, 2.05) is 97.9 Å². The van der Waals surface area contributed by atoms with Crippen LogP contribution in [0, 0.1) is 6.92 Å². The van der Waals surface area contributed by atoms with E-state index in [0.29, 0.717) is 13.2 Å². The van der Waals surface area contributed by atoms with Crippen molar-refractivity contribution in [1.29, 1.82) is 0 Å².